The van der Waals surface area contributed by atoms with Crippen LogP contribution in [0, 0.1) is 12.7 Å². The fourth-order valence-electron chi connectivity index (χ4n) is 2.48. The first-order valence-electron chi connectivity index (χ1n) is 7.85. The minimum Gasteiger partial charge on any atom is -0.451 e. The van der Waals surface area contributed by atoms with Crippen molar-refractivity contribution in [2.45, 2.75) is 13.5 Å². The van der Waals surface area contributed by atoms with E-state index in [4.69, 9.17) is 9.15 Å². The largest absolute Gasteiger partial charge is 0.451 e. The normalized spacial score (nSPS) is 11.0. The Bertz CT molecular complexity index is 1050. The van der Waals surface area contributed by atoms with Gasteiger partial charge < -0.3 is 9.15 Å². The number of oxazole rings is 1. The zero-order chi connectivity index (χ0) is 18.1. The van der Waals surface area contributed by atoms with E-state index in [9.17, 15) is 9.18 Å². The van der Waals surface area contributed by atoms with Gasteiger partial charge in [0.05, 0.1) is 5.69 Å². The Balaban J connectivity index is 1.50. The molecule has 4 aromatic rings. The van der Waals surface area contributed by atoms with Gasteiger partial charge in [-0.3, -0.25) is 0 Å². The van der Waals surface area contributed by atoms with Crippen LogP contribution in [0.2, 0.25) is 0 Å². The number of ether oxygens (including phenoxy) is 1. The molecule has 130 valence electrons. The lowest BCUT2D eigenvalue weighted by molar-refractivity contribution is 0.0445. The monoisotopic (exact) mass is 368 g/mol. The van der Waals surface area contributed by atoms with Crippen molar-refractivity contribution in [1.29, 1.82) is 0 Å². The molecule has 0 spiro atoms. The summed E-state index contributed by atoms with van der Waals surface area (Å²) in [6.45, 7) is 1.68. The van der Waals surface area contributed by atoms with Crippen LogP contribution >= 0.6 is 11.3 Å². The quantitative estimate of drug-likeness (QED) is 0.486. The van der Waals surface area contributed by atoms with Crippen LogP contribution in [0.4, 0.5) is 4.39 Å². The number of esters is 1. The van der Waals surface area contributed by atoms with E-state index in [0.717, 1.165) is 5.56 Å². The summed E-state index contributed by atoms with van der Waals surface area (Å²) in [4.78, 5) is 21.4. The number of carbonyl (C=O) groups is 1. The van der Waals surface area contributed by atoms with Crippen LogP contribution in [0.25, 0.3) is 21.7 Å². The molecule has 0 aliphatic rings. The van der Waals surface area contributed by atoms with Crippen LogP contribution in [0.15, 0.2) is 52.9 Å². The van der Waals surface area contributed by atoms with E-state index in [0.29, 0.717) is 32.6 Å². The lowest BCUT2D eigenvalue weighted by atomic mass is 10.2. The minimum absolute atomic E-state index is 0.0588. The van der Waals surface area contributed by atoms with Gasteiger partial charge in [0.1, 0.15) is 21.2 Å². The highest BCUT2D eigenvalue weighted by Crippen LogP contribution is 2.28. The Morgan fingerprint density at radius 1 is 1.15 bits per heavy atom. The Hall–Kier alpha value is -3.06. The number of thiazole rings is 1. The second kappa shape index (κ2) is 6.68. The molecule has 4 rings (SSSR count). The number of fused-ring (bicyclic) bond motifs is 1. The Morgan fingerprint density at radius 3 is 2.69 bits per heavy atom. The maximum absolute atomic E-state index is 13.0. The second-order valence-electron chi connectivity index (χ2n) is 5.59. The van der Waals surface area contributed by atoms with E-state index >= 15 is 0 Å². The number of nitrogens with zero attached hydrogens (tertiary/aromatic N) is 2. The van der Waals surface area contributed by atoms with E-state index in [1.54, 1.807) is 25.1 Å². The molecule has 2 heterocycles. The van der Waals surface area contributed by atoms with Gasteiger partial charge in [0.2, 0.25) is 5.89 Å². The molecule has 2 aromatic heterocycles. The van der Waals surface area contributed by atoms with Gasteiger partial charge in [0.15, 0.2) is 12.2 Å². The van der Waals surface area contributed by atoms with Crippen LogP contribution in [0.5, 0.6) is 0 Å². The van der Waals surface area contributed by atoms with Crippen LogP contribution in [-0.2, 0) is 11.3 Å². The van der Waals surface area contributed by atoms with Crippen molar-refractivity contribution in [1.82, 2.24) is 9.97 Å². The maximum atomic E-state index is 13.0. The third kappa shape index (κ3) is 3.21. The van der Waals surface area contributed by atoms with Gasteiger partial charge in [-0.2, -0.15) is 0 Å². The van der Waals surface area contributed by atoms with E-state index < -0.39 is 5.97 Å². The van der Waals surface area contributed by atoms with Gasteiger partial charge >= 0.3 is 5.97 Å². The predicted octanol–water partition coefficient (Wildman–Crippen LogP) is 4.76. The molecule has 26 heavy (non-hydrogen) atoms. The molecular weight excluding hydrogens is 355 g/mol. The highest BCUT2D eigenvalue weighted by molar-refractivity contribution is 7.17. The average molecular weight is 368 g/mol. The molecule has 0 amide bonds. The summed E-state index contributed by atoms with van der Waals surface area (Å²) in [6, 6.07) is 13.3. The first-order valence-corrected chi connectivity index (χ1v) is 8.67. The molecule has 0 atom stereocenters. The van der Waals surface area contributed by atoms with Crippen molar-refractivity contribution >= 4 is 28.4 Å². The van der Waals surface area contributed by atoms with E-state index in [2.05, 4.69) is 9.97 Å². The predicted molar refractivity (Wildman–Crippen MR) is 95.4 cm³/mol. The van der Waals surface area contributed by atoms with Gasteiger partial charge in [-0.1, -0.05) is 12.1 Å². The first-order chi connectivity index (χ1) is 12.6. The SMILES string of the molecule is Cc1nc(-c2ccc(F)cc2)sc1C(=O)OCc1nc2ccccc2o1. The summed E-state index contributed by atoms with van der Waals surface area (Å²) in [5.74, 6) is -0.476. The van der Waals surface area contributed by atoms with Gasteiger partial charge in [-0.15, -0.1) is 11.3 Å². The van der Waals surface area contributed by atoms with E-state index in [1.807, 2.05) is 18.2 Å². The molecule has 0 bridgehead atoms. The molecule has 7 heteroatoms. The summed E-state index contributed by atoms with van der Waals surface area (Å²) in [5, 5.41) is 0.635. The Kier molecular flexibility index (Phi) is 4.22. The molecule has 0 aliphatic heterocycles. The molecule has 0 saturated heterocycles. The summed E-state index contributed by atoms with van der Waals surface area (Å²) >= 11 is 1.21. The van der Waals surface area contributed by atoms with E-state index in [-0.39, 0.29) is 12.4 Å². The highest BCUT2D eigenvalue weighted by Gasteiger charge is 2.18. The van der Waals surface area contributed by atoms with Crippen LogP contribution in [-0.4, -0.2) is 15.9 Å². The fourth-order valence-corrected chi connectivity index (χ4v) is 3.44. The van der Waals surface area contributed by atoms with Crippen LogP contribution in [0.1, 0.15) is 21.3 Å². The summed E-state index contributed by atoms with van der Waals surface area (Å²) in [6.07, 6.45) is 0. The number of rotatable bonds is 4. The van der Waals surface area contributed by atoms with Crippen molar-refractivity contribution < 1.29 is 18.3 Å². The lowest BCUT2D eigenvalue weighted by Gasteiger charge is -2.00. The molecule has 0 unspecified atom stereocenters. The zero-order valence-corrected chi connectivity index (χ0v) is 14.5. The molecule has 0 saturated carbocycles. The van der Waals surface area contributed by atoms with Gasteiger partial charge in [0, 0.05) is 5.56 Å². The average Bonchev–Trinajstić information content (AvgIpc) is 3.23. The minimum atomic E-state index is -0.490. The van der Waals surface area contributed by atoms with Gasteiger partial charge in [-0.25, -0.2) is 19.2 Å². The standard InChI is InChI=1S/C19H13FN2O3S/c1-11-17(26-18(21-11)12-6-8-13(20)9-7-12)19(23)24-10-16-22-14-4-2-3-5-15(14)25-16/h2-9H,10H2,1H3. The van der Waals surface area contributed by atoms with Crippen molar-refractivity contribution in [2.75, 3.05) is 0 Å². The number of carbonyl (C=O) groups excluding carboxylic acids is 1. The summed E-state index contributed by atoms with van der Waals surface area (Å²) in [5.41, 5.74) is 2.67. The van der Waals surface area contributed by atoms with Crippen molar-refractivity contribution in [3.05, 3.63) is 70.8 Å². The van der Waals surface area contributed by atoms with Crippen molar-refractivity contribution in [2.24, 2.45) is 0 Å². The third-order valence-corrected chi connectivity index (χ3v) is 4.92. The van der Waals surface area contributed by atoms with Crippen LogP contribution < -0.4 is 0 Å². The molecule has 2 aromatic carbocycles. The summed E-state index contributed by atoms with van der Waals surface area (Å²) in [7, 11) is 0. The van der Waals surface area contributed by atoms with Crippen molar-refractivity contribution in [3.8, 4) is 10.6 Å². The molecule has 0 fully saturated rings. The van der Waals surface area contributed by atoms with Crippen molar-refractivity contribution in [3.63, 3.8) is 0 Å². The lowest BCUT2D eigenvalue weighted by Crippen LogP contribution is -2.05. The molecule has 0 N–H and O–H groups in total. The molecule has 5 nitrogen and oxygen atoms in total. The first kappa shape index (κ1) is 16.4. The van der Waals surface area contributed by atoms with Crippen LogP contribution in [0.3, 0.4) is 0 Å². The van der Waals surface area contributed by atoms with Gasteiger partial charge in [-0.05, 0) is 43.3 Å². The molecule has 0 radical (unpaired) electrons. The Morgan fingerprint density at radius 2 is 1.92 bits per heavy atom. The zero-order valence-electron chi connectivity index (χ0n) is 13.7. The number of para-hydroxylation sites is 2. The fraction of sp³-hybridized carbons (Fsp3) is 0.105. The maximum Gasteiger partial charge on any atom is 0.350 e. The number of halogens is 1. The molecule has 0 aliphatic carbocycles. The number of hydrogen-bond acceptors (Lipinski definition) is 6. The number of aryl methyl sites for hydroxylation is 1. The third-order valence-electron chi connectivity index (χ3n) is 3.74. The topological polar surface area (TPSA) is 65.2 Å². The smallest absolute Gasteiger partial charge is 0.350 e. The number of hydrogen-bond donors (Lipinski definition) is 0. The van der Waals surface area contributed by atoms with E-state index in [1.165, 1.54) is 23.5 Å². The molecular formula is C19H13FN2O3S. The Labute approximate surface area is 152 Å². The number of aromatic nitrogens is 2. The van der Waals surface area contributed by atoms with Gasteiger partial charge in [0.25, 0.3) is 0 Å². The summed E-state index contributed by atoms with van der Waals surface area (Å²) < 4.78 is 23.9. The number of benzene rings is 2. The second-order valence-corrected chi connectivity index (χ2v) is 6.59. The highest BCUT2D eigenvalue weighted by atomic mass is 32.1.